The van der Waals surface area contributed by atoms with Gasteiger partial charge in [0.25, 0.3) is 10.0 Å². The van der Waals surface area contributed by atoms with Crippen LogP contribution in [0, 0.1) is 6.92 Å². The van der Waals surface area contributed by atoms with Crippen LogP contribution >= 0.6 is 0 Å². The Morgan fingerprint density at radius 3 is 2.67 bits per heavy atom. The van der Waals surface area contributed by atoms with Crippen molar-refractivity contribution in [3.63, 3.8) is 0 Å². The molecule has 1 aromatic heterocycles. The molecule has 0 atom stereocenters. The highest BCUT2D eigenvalue weighted by Gasteiger charge is 2.18. The fourth-order valence-electron chi connectivity index (χ4n) is 1.42. The average molecular weight is 268 g/mol. The zero-order valence-electron chi connectivity index (χ0n) is 9.84. The smallest absolute Gasteiger partial charge is 0.336 e. The number of H-pyrrole nitrogens is 1. The lowest BCUT2D eigenvalue weighted by Crippen LogP contribution is -2.15. The van der Waals surface area contributed by atoms with Crippen LogP contribution in [0.4, 0.5) is 5.95 Å². The molecule has 0 saturated heterocycles. The lowest BCUT2D eigenvalue weighted by Gasteiger charge is -2.07. The van der Waals surface area contributed by atoms with Gasteiger partial charge in [0.05, 0.1) is 12.0 Å². The SMILES string of the molecule is COc1n[nH]c(NS(=O)(=O)c2ccccc2C)n1. The third kappa shape index (κ3) is 2.43. The van der Waals surface area contributed by atoms with Gasteiger partial charge in [-0.2, -0.15) is 4.98 Å². The number of nitrogens with zero attached hydrogens (tertiary/aromatic N) is 2. The van der Waals surface area contributed by atoms with Crippen LogP contribution < -0.4 is 9.46 Å². The van der Waals surface area contributed by atoms with E-state index in [1.807, 2.05) is 0 Å². The predicted octanol–water partition coefficient (Wildman–Crippen LogP) is 0.923. The normalized spacial score (nSPS) is 11.2. The van der Waals surface area contributed by atoms with Crippen molar-refractivity contribution in [2.45, 2.75) is 11.8 Å². The number of nitrogens with one attached hydrogen (secondary N) is 2. The Labute approximate surface area is 104 Å². The summed E-state index contributed by atoms with van der Waals surface area (Å²) in [4.78, 5) is 3.98. The van der Waals surface area contributed by atoms with Crippen molar-refractivity contribution in [2.75, 3.05) is 11.8 Å². The van der Waals surface area contributed by atoms with Gasteiger partial charge in [-0.25, -0.2) is 18.2 Å². The van der Waals surface area contributed by atoms with E-state index < -0.39 is 10.0 Å². The molecule has 2 rings (SSSR count). The molecule has 1 heterocycles. The maximum atomic E-state index is 12.1. The summed E-state index contributed by atoms with van der Waals surface area (Å²) in [6, 6.07) is 6.73. The number of aromatic amines is 1. The van der Waals surface area contributed by atoms with Crippen molar-refractivity contribution >= 4 is 16.0 Å². The van der Waals surface area contributed by atoms with Gasteiger partial charge < -0.3 is 4.74 Å². The van der Waals surface area contributed by atoms with Crippen LogP contribution in [0.5, 0.6) is 6.01 Å². The highest BCUT2D eigenvalue weighted by Crippen LogP contribution is 2.17. The number of benzene rings is 1. The minimum Gasteiger partial charge on any atom is -0.466 e. The van der Waals surface area contributed by atoms with E-state index in [-0.39, 0.29) is 16.9 Å². The zero-order valence-corrected chi connectivity index (χ0v) is 10.7. The summed E-state index contributed by atoms with van der Waals surface area (Å²) in [5.41, 5.74) is 0.650. The summed E-state index contributed by atoms with van der Waals surface area (Å²) in [6.45, 7) is 1.72. The van der Waals surface area contributed by atoms with Crippen molar-refractivity contribution in [1.29, 1.82) is 0 Å². The number of ether oxygens (including phenoxy) is 1. The van der Waals surface area contributed by atoms with E-state index in [0.717, 1.165) is 0 Å². The topological polar surface area (TPSA) is 97.0 Å². The summed E-state index contributed by atoms with van der Waals surface area (Å²) in [6.07, 6.45) is 0. The summed E-state index contributed by atoms with van der Waals surface area (Å²) < 4.78 is 31.2. The van der Waals surface area contributed by atoms with Crippen molar-refractivity contribution in [2.24, 2.45) is 0 Å². The van der Waals surface area contributed by atoms with Crippen LogP contribution in [0.1, 0.15) is 5.56 Å². The fourth-order valence-corrected chi connectivity index (χ4v) is 2.63. The molecule has 0 spiro atoms. The Morgan fingerprint density at radius 1 is 1.33 bits per heavy atom. The zero-order chi connectivity index (χ0) is 13.2. The molecule has 0 saturated carbocycles. The first-order chi connectivity index (χ1) is 8.53. The second kappa shape index (κ2) is 4.65. The molecule has 2 aromatic rings. The molecule has 0 fully saturated rings. The predicted molar refractivity (Wildman–Crippen MR) is 64.9 cm³/mol. The third-order valence-corrected chi connectivity index (χ3v) is 3.76. The van der Waals surface area contributed by atoms with Gasteiger partial charge in [0.2, 0.25) is 5.95 Å². The van der Waals surface area contributed by atoms with Crippen LogP contribution in [0.25, 0.3) is 0 Å². The number of methoxy groups -OCH3 is 1. The standard InChI is InChI=1S/C10H12N4O3S/c1-7-5-3-4-6-8(7)18(15,16)14-9-11-10(17-2)13-12-9/h3-6H,1-2H3,(H2,11,12,13,14). The van der Waals surface area contributed by atoms with Gasteiger partial charge in [0.1, 0.15) is 0 Å². The third-order valence-electron chi connectivity index (χ3n) is 2.26. The second-order valence-electron chi connectivity index (χ2n) is 3.54. The maximum Gasteiger partial charge on any atom is 0.336 e. The Balaban J connectivity index is 2.30. The van der Waals surface area contributed by atoms with Crippen molar-refractivity contribution in [1.82, 2.24) is 15.2 Å². The molecule has 2 N–H and O–H groups in total. The summed E-state index contributed by atoms with van der Waals surface area (Å²) >= 11 is 0. The molecule has 18 heavy (non-hydrogen) atoms. The van der Waals surface area contributed by atoms with Gasteiger partial charge in [0, 0.05) is 0 Å². The van der Waals surface area contributed by atoms with Gasteiger partial charge in [0.15, 0.2) is 0 Å². The number of aromatic nitrogens is 3. The Morgan fingerprint density at radius 2 is 2.06 bits per heavy atom. The first kappa shape index (κ1) is 12.4. The number of anilines is 1. The molecule has 1 aromatic carbocycles. The van der Waals surface area contributed by atoms with Gasteiger partial charge in [-0.05, 0) is 18.6 Å². The van der Waals surface area contributed by atoms with E-state index in [9.17, 15) is 8.42 Å². The number of rotatable bonds is 4. The van der Waals surface area contributed by atoms with Gasteiger partial charge >= 0.3 is 6.01 Å². The van der Waals surface area contributed by atoms with E-state index in [2.05, 4.69) is 19.9 Å². The van der Waals surface area contributed by atoms with Crippen LogP contribution in [0.15, 0.2) is 29.2 Å². The average Bonchev–Trinajstić information content (AvgIpc) is 2.76. The number of hydrogen-bond donors (Lipinski definition) is 2. The molecule has 8 heteroatoms. The molecule has 7 nitrogen and oxygen atoms in total. The van der Waals surface area contributed by atoms with E-state index in [0.29, 0.717) is 5.56 Å². The minimum atomic E-state index is -3.68. The van der Waals surface area contributed by atoms with Gasteiger partial charge in [-0.15, -0.1) is 5.10 Å². The Hall–Kier alpha value is -2.09. The first-order valence-corrected chi connectivity index (χ1v) is 6.56. The minimum absolute atomic E-state index is 0.00935. The van der Waals surface area contributed by atoms with E-state index in [1.165, 1.54) is 13.2 Å². The van der Waals surface area contributed by atoms with Crippen LogP contribution in [-0.2, 0) is 10.0 Å². The molecule has 96 valence electrons. The first-order valence-electron chi connectivity index (χ1n) is 5.08. The second-order valence-corrected chi connectivity index (χ2v) is 5.19. The summed E-state index contributed by atoms with van der Waals surface area (Å²) in [7, 11) is -2.29. The number of aryl methyl sites for hydroxylation is 1. The number of sulfonamides is 1. The summed E-state index contributed by atoms with van der Waals surface area (Å²) in [5.74, 6) is 0.00935. The maximum absolute atomic E-state index is 12.1. The van der Waals surface area contributed by atoms with E-state index >= 15 is 0 Å². The van der Waals surface area contributed by atoms with Crippen molar-refractivity contribution < 1.29 is 13.2 Å². The molecular weight excluding hydrogens is 256 g/mol. The van der Waals surface area contributed by atoms with Crippen LogP contribution in [0.3, 0.4) is 0 Å². The quantitative estimate of drug-likeness (QED) is 0.859. The van der Waals surface area contributed by atoms with Gasteiger partial charge in [-0.3, -0.25) is 0 Å². The largest absolute Gasteiger partial charge is 0.466 e. The molecule has 0 bridgehead atoms. The Bertz CT molecular complexity index is 651. The monoisotopic (exact) mass is 268 g/mol. The molecule has 0 aliphatic carbocycles. The molecular formula is C10H12N4O3S. The van der Waals surface area contributed by atoms with Gasteiger partial charge in [-0.1, -0.05) is 18.2 Å². The van der Waals surface area contributed by atoms with E-state index in [4.69, 9.17) is 4.74 Å². The van der Waals surface area contributed by atoms with Crippen molar-refractivity contribution in [3.05, 3.63) is 29.8 Å². The lowest BCUT2D eigenvalue weighted by atomic mass is 10.2. The molecule has 0 aliphatic heterocycles. The van der Waals surface area contributed by atoms with Crippen molar-refractivity contribution in [3.8, 4) is 6.01 Å². The van der Waals surface area contributed by atoms with E-state index in [1.54, 1.807) is 25.1 Å². The highest BCUT2D eigenvalue weighted by molar-refractivity contribution is 7.92. The Kier molecular flexibility index (Phi) is 3.19. The molecule has 0 amide bonds. The molecule has 0 aliphatic rings. The molecule has 0 radical (unpaired) electrons. The fraction of sp³-hybridized carbons (Fsp3) is 0.200. The summed E-state index contributed by atoms with van der Waals surface area (Å²) in [5, 5.41) is 6.08. The van der Waals surface area contributed by atoms with Crippen LogP contribution in [-0.4, -0.2) is 30.7 Å². The lowest BCUT2D eigenvalue weighted by molar-refractivity contribution is 0.382. The van der Waals surface area contributed by atoms with Crippen LogP contribution in [0.2, 0.25) is 0 Å². The highest BCUT2D eigenvalue weighted by atomic mass is 32.2. The number of hydrogen-bond acceptors (Lipinski definition) is 5. The molecule has 0 unspecified atom stereocenters.